The first-order chi connectivity index (χ1) is 16.3. The Morgan fingerprint density at radius 3 is 2.44 bits per heavy atom. The summed E-state index contributed by atoms with van der Waals surface area (Å²) in [5.74, 6) is 0.665. The Bertz CT molecular complexity index is 1260. The minimum Gasteiger partial charge on any atom is -0.497 e. The van der Waals surface area contributed by atoms with Crippen molar-refractivity contribution in [3.63, 3.8) is 0 Å². The number of carbonyl (C=O) groups is 2. The monoisotopic (exact) mass is 492 g/mol. The standard InChI is InChI=1S/C25H24N4O3S2/c1-15(2)17-5-7-20(8-6-17)29-23(31)22(27-24(29)33)13-18-14-34-25(26-18)28(16(3)30)19-9-11-21(32-4)12-10-19/h5-15H,1-4H3,(H,27,33)/b22-13-. The first-order valence-electron chi connectivity index (χ1n) is 10.7. The number of nitrogens with zero attached hydrogens (tertiary/aromatic N) is 3. The molecule has 7 nitrogen and oxygen atoms in total. The molecule has 1 fully saturated rings. The fourth-order valence-electron chi connectivity index (χ4n) is 3.53. The lowest BCUT2D eigenvalue weighted by molar-refractivity contribution is -0.116. The number of thiocarbonyl (C=S) groups is 1. The van der Waals surface area contributed by atoms with Crippen LogP contribution in [0.2, 0.25) is 0 Å². The zero-order chi connectivity index (χ0) is 24.4. The number of hydrogen-bond acceptors (Lipinski definition) is 6. The lowest BCUT2D eigenvalue weighted by atomic mass is 10.0. The van der Waals surface area contributed by atoms with E-state index < -0.39 is 0 Å². The van der Waals surface area contributed by atoms with Crippen molar-refractivity contribution < 1.29 is 14.3 Å². The predicted molar refractivity (Wildman–Crippen MR) is 140 cm³/mol. The van der Waals surface area contributed by atoms with Gasteiger partial charge in [0, 0.05) is 12.3 Å². The van der Waals surface area contributed by atoms with Gasteiger partial charge in [0.1, 0.15) is 11.4 Å². The molecule has 0 atom stereocenters. The van der Waals surface area contributed by atoms with Gasteiger partial charge in [-0.05, 0) is 66.2 Å². The third-order valence-electron chi connectivity index (χ3n) is 5.33. The fourth-order valence-corrected chi connectivity index (χ4v) is 4.67. The number of hydrogen-bond donors (Lipinski definition) is 1. The van der Waals surface area contributed by atoms with Crippen LogP contribution in [0.25, 0.3) is 6.08 Å². The summed E-state index contributed by atoms with van der Waals surface area (Å²) in [5, 5.41) is 5.59. The van der Waals surface area contributed by atoms with Gasteiger partial charge in [-0.15, -0.1) is 11.3 Å². The highest BCUT2D eigenvalue weighted by molar-refractivity contribution is 7.80. The Morgan fingerprint density at radius 2 is 1.85 bits per heavy atom. The minimum absolute atomic E-state index is 0.175. The van der Waals surface area contributed by atoms with Crippen molar-refractivity contribution in [3.8, 4) is 5.75 Å². The molecule has 34 heavy (non-hydrogen) atoms. The van der Waals surface area contributed by atoms with Gasteiger partial charge in [0.15, 0.2) is 10.2 Å². The van der Waals surface area contributed by atoms with Gasteiger partial charge < -0.3 is 10.1 Å². The molecule has 1 N–H and O–H groups in total. The molecule has 0 unspecified atom stereocenters. The Labute approximate surface area is 207 Å². The summed E-state index contributed by atoms with van der Waals surface area (Å²) in [5.41, 5.74) is 3.45. The van der Waals surface area contributed by atoms with Gasteiger partial charge in [-0.1, -0.05) is 26.0 Å². The van der Waals surface area contributed by atoms with E-state index in [0.717, 1.165) is 0 Å². The fraction of sp³-hybridized carbons (Fsp3) is 0.200. The predicted octanol–water partition coefficient (Wildman–Crippen LogP) is 5.22. The van der Waals surface area contributed by atoms with Crippen molar-refractivity contribution in [3.05, 3.63) is 70.9 Å². The van der Waals surface area contributed by atoms with Crippen LogP contribution in [0.15, 0.2) is 59.6 Å². The number of thiazole rings is 1. The highest BCUT2D eigenvalue weighted by Gasteiger charge is 2.32. The number of methoxy groups -OCH3 is 1. The lowest BCUT2D eigenvalue weighted by Crippen LogP contribution is -2.30. The number of anilines is 3. The summed E-state index contributed by atoms with van der Waals surface area (Å²) in [6.45, 7) is 5.72. The number of carbonyl (C=O) groups excluding carboxylic acids is 2. The number of aromatic nitrogens is 1. The molecule has 0 spiro atoms. The first kappa shape index (κ1) is 23.6. The SMILES string of the molecule is COc1ccc(N(C(C)=O)c2nc(/C=C3\NC(=S)N(c4ccc(C(C)C)cc4)C3=O)cs2)cc1. The summed E-state index contributed by atoms with van der Waals surface area (Å²) in [7, 11) is 1.59. The van der Waals surface area contributed by atoms with E-state index in [0.29, 0.717) is 44.7 Å². The molecule has 9 heteroatoms. The van der Waals surface area contributed by atoms with Crippen LogP contribution in [0, 0.1) is 0 Å². The van der Waals surface area contributed by atoms with E-state index in [1.807, 2.05) is 24.3 Å². The molecule has 1 aliphatic rings. The van der Waals surface area contributed by atoms with Crippen LogP contribution in [0.4, 0.5) is 16.5 Å². The Hall–Kier alpha value is -3.56. The summed E-state index contributed by atoms with van der Waals surface area (Å²) < 4.78 is 5.19. The molecule has 2 heterocycles. The first-order valence-corrected chi connectivity index (χ1v) is 11.9. The maximum Gasteiger partial charge on any atom is 0.281 e. The molecule has 2 amide bonds. The van der Waals surface area contributed by atoms with Gasteiger partial charge >= 0.3 is 0 Å². The second-order valence-electron chi connectivity index (χ2n) is 7.98. The molecule has 0 bridgehead atoms. The average Bonchev–Trinajstić information content (AvgIpc) is 3.38. The third kappa shape index (κ3) is 4.71. The van der Waals surface area contributed by atoms with E-state index in [9.17, 15) is 9.59 Å². The average molecular weight is 493 g/mol. The third-order valence-corrected chi connectivity index (χ3v) is 6.46. The van der Waals surface area contributed by atoms with Crippen LogP contribution < -0.4 is 19.9 Å². The molecule has 3 aromatic rings. The second kappa shape index (κ2) is 9.74. The van der Waals surface area contributed by atoms with Gasteiger partial charge in [-0.2, -0.15) is 0 Å². The summed E-state index contributed by atoms with van der Waals surface area (Å²) >= 11 is 6.73. The number of rotatable bonds is 6. The maximum atomic E-state index is 13.1. The molecule has 4 rings (SSSR count). The minimum atomic E-state index is -0.254. The van der Waals surface area contributed by atoms with E-state index in [-0.39, 0.29) is 11.8 Å². The Morgan fingerprint density at radius 1 is 1.18 bits per heavy atom. The zero-order valence-electron chi connectivity index (χ0n) is 19.2. The van der Waals surface area contributed by atoms with Crippen LogP contribution in [-0.4, -0.2) is 29.0 Å². The maximum absolute atomic E-state index is 13.1. The van der Waals surface area contributed by atoms with Gasteiger partial charge in [-0.3, -0.25) is 19.4 Å². The van der Waals surface area contributed by atoms with Gasteiger partial charge in [-0.25, -0.2) is 4.98 Å². The molecule has 0 radical (unpaired) electrons. The zero-order valence-corrected chi connectivity index (χ0v) is 20.9. The van der Waals surface area contributed by atoms with Crippen molar-refractivity contribution in [2.24, 2.45) is 0 Å². The quantitative estimate of drug-likeness (QED) is 0.376. The molecule has 0 aliphatic carbocycles. The molecule has 174 valence electrons. The van der Waals surface area contributed by atoms with Crippen molar-refractivity contribution in [2.45, 2.75) is 26.7 Å². The number of benzene rings is 2. The molecular formula is C25H24N4O3S2. The molecule has 1 aliphatic heterocycles. The van der Waals surface area contributed by atoms with Gasteiger partial charge in [0.2, 0.25) is 5.91 Å². The van der Waals surface area contributed by atoms with Gasteiger partial charge in [0.05, 0.1) is 24.2 Å². The normalized spacial score (nSPS) is 14.6. The Balaban J connectivity index is 1.58. The van der Waals surface area contributed by atoms with Crippen LogP contribution >= 0.6 is 23.6 Å². The smallest absolute Gasteiger partial charge is 0.281 e. The highest BCUT2D eigenvalue weighted by Crippen LogP contribution is 2.31. The molecule has 1 saturated heterocycles. The van der Waals surface area contributed by atoms with Crippen molar-refractivity contribution in [1.82, 2.24) is 10.3 Å². The van der Waals surface area contributed by atoms with Crippen LogP contribution in [0.1, 0.15) is 37.9 Å². The summed E-state index contributed by atoms with van der Waals surface area (Å²) in [6.07, 6.45) is 1.64. The topological polar surface area (TPSA) is 74.8 Å². The summed E-state index contributed by atoms with van der Waals surface area (Å²) in [6, 6.07) is 14.9. The number of nitrogens with one attached hydrogen (secondary N) is 1. The highest BCUT2D eigenvalue weighted by atomic mass is 32.1. The second-order valence-corrected chi connectivity index (χ2v) is 9.21. The van der Waals surface area contributed by atoms with E-state index >= 15 is 0 Å². The van der Waals surface area contributed by atoms with Crippen molar-refractivity contribution in [1.29, 1.82) is 0 Å². The lowest BCUT2D eigenvalue weighted by Gasteiger charge is -2.18. The van der Waals surface area contributed by atoms with E-state index in [2.05, 4.69) is 24.1 Å². The number of ether oxygens (including phenoxy) is 1. The molecular weight excluding hydrogens is 468 g/mol. The molecule has 0 saturated carbocycles. The van der Waals surface area contributed by atoms with Gasteiger partial charge in [0.25, 0.3) is 5.91 Å². The largest absolute Gasteiger partial charge is 0.497 e. The molecule has 1 aromatic heterocycles. The van der Waals surface area contributed by atoms with Crippen LogP contribution in [-0.2, 0) is 9.59 Å². The molecule has 2 aromatic carbocycles. The van der Waals surface area contributed by atoms with Crippen molar-refractivity contribution >= 4 is 63.1 Å². The Kier molecular flexibility index (Phi) is 6.76. The summed E-state index contributed by atoms with van der Waals surface area (Å²) in [4.78, 5) is 33.0. The van der Waals surface area contributed by atoms with E-state index in [1.54, 1.807) is 42.8 Å². The van der Waals surface area contributed by atoms with Crippen LogP contribution in [0.3, 0.4) is 0 Å². The van der Waals surface area contributed by atoms with Crippen molar-refractivity contribution in [2.75, 3.05) is 16.9 Å². The number of amides is 2. The van der Waals surface area contributed by atoms with E-state index in [1.165, 1.54) is 33.6 Å². The van der Waals surface area contributed by atoms with Crippen LogP contribution in [0.5, 0.6) is 5.75 Å². The van der Waals surface area contributed by atoms with E-state index in [4.69, 9.17) is 17.0 Å².